The molecule has 13 heteroatoms. The Bertz CT molecular complexity index is 1580. The van der Waals surface area contributed by atoms with Gasteiger partial charge in [0.05, 0.1) is 19.0 Å². The minimum Gasteiger partial charge on any atom is -0.494 e. The Morgan fingerprint density at radius 2 is 1.93 bits per heavy atom. The fraction of sp³-hybridized carbons (Fsp3) is 0.310. The lowest BCUT2D eigenvalue weighted by molar-refractivity contribution is -0.138. The summed E-state index contributed by atoms with van der Waals surface area (Å²) in [7, 11) is 1.27. The van der Waals surface area contributed by atoms with Gasteiger partial charge in [0, 0.05) is 35.8 Å². The maximum absolute atomic E-state index is 14.8. The number of aliphatic carboxylic acids is 1. The van der Waals surface area contributed by atoms with Crippen molar-refractivity contribution in [2.75, 3.05) is 32.1 Å². The van der Waals surface area contributed by atoms with Crippen molar-refractivity contribution in [3.8, 4) is 17.0 Å². The van der Waals surface area contributed by atoms with Crippen LogP contribution in [0.2, 0.25) is 0 Å². The molecule has 0 saturated heterocycles. The highest BCUT2D eigenvalue weighted by atomic mass is 19.2. The van der Waals surface area contributed by atoms with E-state index in [9.17, 15) is 18.4 Å². The van der Waals surface area contributed by atoms with Crippen molar-refractivity contribution in [2.24, 2.45) is 5.73 Å². The smallest absolute Gasteiger partial charge is 0.320 e. The quantitative estimate of drug-likeness (QED) is 0.141. The number of aryl methyl sites for hydroxylation is 1. The summed E-state index contributed by atoms with van der Waals surface area (Å²) in [6.07, 6.45) is 6.18. The van der Waals surface area contributed by atoms with Gasteiger partial charge in [-0.05, 0) is 68.2 Å². The molecule has 1 atom stereocenters. The number of fused-ring (bicyclic) bond motifs is 1. The van der Waals surface area contributed by atoms with Crippen LogP contribution in [-0.4, -0.2) is 64.1 Å². The second-order valence-electron chi connectivity index (χ2n) is 9.50. The minimum atomic E-state index is -1.08. The first-order chi connectivity index (χ1) is 20.2. The SMILES string of the molecule is CCc1cc(Nc2nccn3c(-c4ccc(OC)c(F)c4F)cnc23)ccc1C(=O)NCCCNCCC(N)C(=O)O. The van der Waals surface area contributed by atoms with Crippen LogP contribution in [0.25, 0.3) is 16.9 Å². The number of nitrogens with zero attached hydrogens (tertiary/aromatic N) is 3. The number of methoxy groups -OCH3 is 1. The van der Waals surface area contributed by atoms with Gasteiger partial charge in [0.2, 0.25) is 5.82 Å². The number of amides is 1. The molecule has 0 radical (unpaired) electrons. The van der Waals surface area contributed by atoms with Crippen LogP contribution < -0.4 is 26.4 Å². The molecule has 0 saturated carbocycles. The van der Waals surface area contributed by atoms with Crippen LogP contribution in [0.4, 0.5) is 20.3 Å². The van der Waals surface area contributed by atoms with Gasteiger partial charge < -0.3 is 31.5 Å². The topological polar surface area (TPSA) is 156 Å². The van der Waals surface area contributed by atoms with Crippen LogP contribution in [0.5, 0.6) is 5.75 Å². The standard InChI is InChI=1S/C29H33F2N7O4/c1-3-17-15-18(5-6-19(17)28(39)35-11-4-10-33-12-9-21(32)29(40)41)37-26-27-36-16-22(38(27)14-13-34-26)20-7-8-23(42-2)25(31)24(20)30/h5-8,13-16,21,33H,3-4,9-12,32H2,1-2H3,(H,34,37)(H,35,39)(H,40,41). The number of halogens is 2. The molecule has 0 fully saturated rings. The van der Waals surface area contributed by atoms with Crippen LogP contribution in [-0.2, 0) is 11.2 Å². The lowest BCUT2D eigenvalue weighted by Crippen LogP contribution is -2.34. The number of aromatic nitrogens is 3. The number of anilines is 2. The van der Waals surface area contributed by atoms with Crippen LogP contribution >= 0.6 is 0 Å². The van der Waals surface area contributed by atoms with Crippen LogP contribution in [0.3, 0.4) is 0 Å². The van der Waals surface area contributed by atoms with Gasteiger partial charge in [-0.25, -0.2) is 14.4 Å². The van der Waals surface area contributed by atoms with Crippen LogP contribution in [0.1, 0.15) is 35.7 Å². The average molecular weight is 582 g/mol. The van der Waals surface area contributed by atoms with Gasteiger partial charge in [0.25, 0.3) is 5.91 Å². The van der Waals surface area contributed by atoms with Crippen molar-refractivity contribution in [1.29, 1.82) is 0 Å². The number of carbonyl (C=O) groups excluding carboxylic acids is 1. The van der Waals surface area contributed by atoms with E-state index in [2.05, 4.69) is 25.9 Å². The van der Waals surface area contributed by atoms with E-state index >= 15 is 0 Å². The van der Waals surface area contributed by atoms with Gasteiger partial charge in [-0.2, -0.15) is 4.39 Å². The number of hydrogen-bond donors (Lipinski definition) is 5. The molecule has 222 valence electrons. The van der Waals surface area contributed by atoms with Gasteiger partial charge in [0.1, 0.15) is 6.04 Å². The first-order valence-corrected chi connectivity index (χ1v) is 13.5. The Kier molecular flexibility index (Phi) is 9.99. The summed E-state index contributed by atoms with van der Waals surface area (Å²) in [5.74, 6) is -3.14. The summed E-state index contributed by atoms with van der Waals surface area (Å²) in [4.78, 5) is 32.3. The van der Waals surface area contributed by atoms with E-state index in [1.165, 1.54) is 31.6 Å². The molecule has 1 amide bonds. The molecule has 4 rings (SSSR count). The fourth-order valence-electron chi connectivity index (χ4n) is 4.43. The molecule has 1 unspecified atom stereocenters. The lowest BCUT2D eigenvalue weighted by atomic mass is 10.0. The van der Waals surface area contributed by atoms with Crippen LogP contribution in [0.15, 0.2) is 48.9 Å². The van der Waals surface area contributed by atoms with Crippen molar-refractivity contribution in [2.45, 2.75) is 32.2 Å². The zero-order chi connectivity index (χ0) is 30.2. The lowest BCUT2D eigenvalue weighted by Gasteiger charge is -2.13. The number of nitrogens with one attached hydrogen (secondary N) is 3. The molecule has 4 aromatic rings. The summed E-state index contributed by atoms with van der Waals surface area (Å²) in [6.45, 7) is 3.50. The van der Waals surface area contributed by atoms with Crippen LogP contribution in [0, 0.1) is 11.6 Å². The Balaban J connectivity index is 1.41. The highest BCUT2D eigenvalue weighted by molar-refractivity contribution is 5.96. The number of imidazole rings is 1. The molecule has 11 nitrogen and oxygen atoms in total. The zero-order valence-electron chi connectivity index (χ0n) is 23.3. The molecular formula is C29H33F2N7O4. The largest absolute Gasteiger partial charge is 0.494 e. The Morgan fingerprint density at radius 1 is 1.12 bits per heavy atom. The molecule has 42 heavy (non-hydrogen) atoms. The molecule has 2 aromatic carbocycles. The molecule has 0 bridgehead atoms. The van der Waals surface area contributed by atoms with Crippen molar-refractivity contribution >= 4 is 29.0 Å². The van der Waals surface area contributed by atoms with Crippen molar-refractivity contribution in [3.05, 3.63) is 71.7 Å². The average Bonchev–Trinajstić information content (AvgIpc) is 3.42. The summed E-state index contributed by atoms with van der Waals surface area (Å²) >= 11 is 0. The van der Waals surface area contributed by atoms with E-state index in [4.69, 9.17) is 15.6 Å². The number of carboxylic acids is 1. The third kappa shape index (κ3) is 6.81. The van der Waals surface area contributed by atoms with Gasteiger partial charge in [-0.15, -0.1) is 0 Å². The summed E-state index contributed by atoms with van der Waals surface area (Å²) < 4.78 is 35.6. The predicted molar refractivity (Wildman–Crippen MR) is 154 cm³/mol. The summed E-state index contributed by atoms with van der Waals surface area (Å²) in [6, 6.07) is 7.24. The van der Waals surface area contributed by atoms with Crippen molar-refractivity contribution < 1.29 is 28.2 Å². The predicted octanol–water partition coefficient (Wildman–Crippen LogP) is 3.50. The van der Waals surface area contributed by atoms with Crippen molar-refractivity contribution in [3.63, 3.8) is 0 Å². The highest BCUT2D eigenvalue weighted by Crippen LogP contribution is 2.31. The number of hydrogen-bond acceptors (Lipinski definition) is 8. The van der Waals surface area contributed by atoms with Gasteiger partial charge >= 0.3 is 5.97 Å². The van der Waals surface area contributed by atoms with Gasteiger partial charge in [-0.3, -0.25) is 14.0 Å². The zero-order valence-corrected chi connectivity index (χ0v) is 23.3. The second-order valence-corrected chi connectivity index (χ2v) is 9.50. The highest BCUT2D eigenvalue weighted by Gasteiger charge is 2.19. The Morgan fingerprint density at radius 3 is 2.67 bits per heavy atom. The van der Waals surface area contributed by atoms with E-state index in [-0.39, 0.29) is 17.2 Å². The number of benzene rings is 2. The number of rotatable bonds is 14. The molecule has 0 aliphatic rings. The molecule has 2 aromatic heterocycles. The first kappa shape index (κ1) is 30.3. The molecule has 6 N–H and O–H groups in total. The monoisotopic (exact) mass is 581 g/mol. The molecule has 0 aliphatic heterocycles. The molecule has 0 spiro atoms. The second kappa shape index (κ2) is 13.8. The first-order valence-electron chi connectivity index (χ1n) is 13.5. The van der Waals surface area contributed by atoms with E-state index in [0.29, 0.717) is 67.3 Å². The normalized spacial score (nSPS) is 11.8. The summed E-state index contributed by atoms with van der Waals surface area (Å²) in [5, 5.41) is 18.0. The van der Waals surface area contributed by atoms with E-state index < -0.39 is 23.6 Å². The number of ether oxygens (including phenoxy) is 1. The van der Waals surface area contributed by atoms with E-state index in [1.54, 1.807) is 22.7 Å². The number of carboxylic acid groups (broad SMARTS) is 1. The van der Waals surface area contributed by atoms with Crippen molar-refractivity contribution in [1.82, 2.24) is 25.0 Å². The van der Waals surface area contributed by atoms with E-state index in [1.807, 2.05) is 13.0 Å². The van der Waals surface area contributed by atoms with Gasteiger partial charge in [0.15, 0.2) is 23.0 Å². The maximum atomic E-state index is 14.8. The molecular weight excluding hydrogens is 548 g/mol. The van der Waals surface area contributed by atoms with E-state index in [0.717, 1.165) is 5.56 Å². The number of carbonyl (C=O) groups is 2. The maximum Gasteiger partial charge on any atom is 0.320 e. The Hall–Kier alpha value is -4.62. The third-order valence-corrected chi connectivity index (χ3v) is 6.73. The Labute approximate surface area is 241 Å². The third-order valence-electron chi connectivity index (χ3n) is 6.73. The fourth-order valence-corrected chi connectivity index (χ4v) is 4.43. The molecule has 0 aliphatic carbocycles. The van der Waals surface area contributed by atoms with Gasteiger partial charge in [-0.1, -0.05) is 6.92 Å². The molecule has 2 heterocycles. The minimum absolute atomic E-state index is 0.0275. The number of nitrogens with two attached hydrogens (primary N) is 1. The summed E-state index contributed by atoms with van der Waals surface area (Å²) in [5.41, 5.74) is 8.30.